The Morgan fingerprint density at radius 2 is 1.80 bits per heavy atom. The zero-order valence-corrected chi connectivity index (χ0v) is 17.7. The third kappa shape index (κ3) is 5.83. The Morgan fingerprint density at radius 1 is 1.17 bits per heavy atom. The first-order chi connectivity index (χ1) is 14.1. The average molecular weight is 475 g/mol. The van der Waals surface area contributed by atoms with E-state index in [1.165, 1.54) is 18.5 Å². The second-order valence-electron chi connectivity index (χ2n) is 6.18. The maximum atomic E-state index is 13.7. The van der Waals surface area contributed by atoms with Gasteiger partial charge < -0.3 is 0 Å². The molecule has 0 aliphatic heterocycles. The van der Waals surface area contributed by atoms with Crippen molar-refractivity contribution < 1.29 is 18.5 Å². The summed E-state index contributed by atoms with van der Waals surface area (Å²) in [6, 6.07) is 7.40. The molecule has 0 aliphatic rings. The minimum Gasteiger partial charge on any atom is -0.289 e. The summed E-state index contributed by atoms with van der Waals surface area (Å²) in [5.41, 5.74) is 1.79. The molecule has 0 heterocycles. The van der Waals surface area contributed by atoms with Gasteiger partial charge in [0, 0.05) is 5.56 Å². The molecule has 3 N–H and O–H groups in total. The summed E-state index contributed by atoms with van der Waals surface area (Å²) in [5, 5.41) is 17.7. The van der Waals surface area contributed by atoms with Crippen molar-refractivity contribution >= 4 is 59.2 Å². The fourth-order valence-electron chi connectivity index (χ4n) is 2.77. The number of benzene rings is 2. The Kier molecular flexibility index (Phi) is 8.04. The molecule has 0 saturated heterocycles. The van der Waals surface area contributed by atoms with E-state index >= 15 is 0 Å². The van der Waals surface area contributed by atoms with E-state index in [0.29, 0.717) is 16.8 Å². The number of aliphatic imine (C=N–C) groups is 1. The second kappa shape index (κ2) is 10.1. The summed E-state index contributed by atoms with van der Waals surface area (Å²) >= 11 is 17.6. The first-order valence-corrected chi connectivity index (χ1v) is 9.51. The van der Waals surface area contributed by atoms with Crippen molar-refractivity contribution in [2.45, 2.75) is 19.0 Å². The van der Waals surface area contributed by atoms with Crippen LogP contribution in [0.3, 0.4) is 0 Å². The quantitative estimate of drug-likeness (QED) is 0.228. The van der Waals surface area contributed by atoms with E-state index in [0.717, 1.165) is 24.5 Å². The highest BCUT2D eigenvalue weighted by Gasteiger charge is 2.39. The number of nitrogens with two attached hydrogens (primary N) is 1. The van der Waals surface area contributed by atoms with E-state index in [2.05, 4.69) is 4.99 Å². The third-order valence-corrected chi connectivity index (χ3v) is 5.33. The lowest BCUT2D eigenvalue weighted by atomic mass is 9.96. The van der Waals surface area contributed by atoms with E-state index in [-0.39, 0.29) is 26.2 Å². The first kappa shape index (κ1) is 23.9. The van der Waals surface area contributed by atoms with Crippen LogP contribution < -0.4 is 5.32 Å². The molecule has 2 aromatic rings. The zero-order chi connectivity index (χ0) is 22.5. The first-order valence-electron chi connectivity index (χ1n) is 8.38. The Hall–Kier alpha value is -2.37. The van der Waals surface area contributed by atoms with Gasteiger partial charge in [0.1, 0.15) is 18.0 Å². The maximum absolute atomic E-state index is 13.7. The second-order valence-corrected chi connectivity index (χ2v) is 7.37. The minimum atomic E-state index is -4.60. The number of halogens is 6. The number of alkyl halides is 3. The summed E-state index contributed by atoms with van der Waals surface area (Å²) < 4.78 is 41.0. The van der Waals surface area contributed by atoms with E-state index in [1.54, 1.807) is 18.3 Å². The Labute approximate surface area is 186 Å². The van der Waals surface area contributed by atoms with Gasteiger partial charge in [-0.3, -0.25) is 10.7 Å². The molecule has 2 aromatic carbocycles. The van der Waals surface area contributed by atoms with Crippen LogP contribution in [0.4, 0.5) is 18.9 Å². The van der Waals surface area contributed by atoms with Gasteiger partial charge >= 0.3 is 6.18 Å². The molecule has 2 rings (SSSR count). The van der Waals surface area contributed by atoms with Crippen LogP contribution in [0.2, 0.25) is 15.1 Å². The smallest absolute Gasteiger partial charge is 0.289 e. The molecule has 0 spiro atoms. The van der Waals surface area contributed by atoms with Gasteiger partial charge in [0.15, 0.2) is 12.0 Å². The molecule has 0 radical (unpaired) electrons. The van der Waals surface area contributed by atoms with Gasteiger partial charge in [-0.1, -0.05) is 47.0 Å². The fourth-order valence-corrected chi connectivity index (χ4v) is 3.38. The average Bonchev–Trinajstić information content (AvgIpc) is 2.66. The van der Waals surface area contributed by atoms with E-state index in [9.17, 15) is 18.4 Å². The van der Waals surface area contributed by atoms with Crippen molar-refractivity contribution in [1.29, 1.82) is 10.7 Å². The maximum Gasteiger partial charge on any atom is 0.399 e. The predicted octanol–water partition coefficient (Wildman–Crippen LogP) is 6.02. The normalized spacial score (nSPS) is 13.0. The molecule has 0 amide bonds. The van der Waals surface area contributed by atoms with Crippen LogP contribution in [-0.4, -0.2) is 18.9 Å². The molecule has 10 heteroatoms. The van der Waals surface area contributed by atoms with Crippen molar-refractivity contribution in [2.24, 2.45) is 4.99 Å². The summed E-state index contributed by atoms with van der Waals surface area (Å²) in [6.07, 6.45) is -0.120. The van der Waals surface area contributed by atoms with Crippen molar-refractivity contribution in [3.63, 3.8) is 0 Å². The van der Waals surface area contributed by atoms with Gasteiger partial charge in [0.25, 0.3) is 0 Å². The van der Waals surface area contributed by atoms with Crippen LogP contribution in [0, 0.1) is 23.7 Å². The van der Waals surface area contributed by atoms with Gasteiger partial charge in [-0.15, -0.1) is 0 Å². The summed E-state index contributed by atoms with van der Waals surface area (Å²) in [7, 11) is 0. The number of nitrogens with one attached hydrogen (secondary N) is 1. The van der Waals surface area contributed by atoms with Crippen molar-refractivity contribution in [1.82, 2.24) is 0 Å². The van der Waals surface area contributed by atoms with Gasteiger partial charge in [-0.05, 0) is 42.3 Å². The number of rotatable bonds is 6. The van der Waals surface area contributed by atoms with Gasteiger partial charge in [0.2, 0.25) is 0 Å². The summed E-state index contributed by atoms with van der Waals surface area (Å²) in [5.74, 6) is -1.97. The minimum absolute atomic E-state index is 0.0142. The lowest BCUT2D eigenvalue weighted by Crippen LogP contribution is -2.77. The molecular weight excluding hydrogens is 460 g/mol. The topological polar surface area (TPSA) is 76.6 Å². The fraction of sp³-hybridized carbons (Fsp3) is 0.150. The lowest BCUT2D eigenvalue weighted by molar-refractivity contribution is -0.433. The summed E-state index contributed by atoms with van der Waals surface area (Å²) in [4.78, 5) is 3.63. The molecule has 1 unspecified atom stereocenters. The van der Waals surface area contributed by atoms with Crippen molar-refractivity contribution in [2.75, 3.05) is 0 Å². The number of nitriles is 1. The molecule has 0 saturated carbocycles. The molecule has 30 heavy (non-hydrogen) atoms. The summed E-state index contributed by atoms with van der Waals surface area (Å²) in [6.45, 7) is 1.72. The number of aryl methyl sites for hydroxylation is 1. The highest BCUT2D eigenvalue weighted by atomic mass is 35.5. The van der Waals surface area contributed by atoms with Crippen molar-refractivity contribution in [3.05, 3.63) is 67.7 Å². The van der Waals surface area contributed by atoms with Crippen LogP contribution in [0.25, 0.3) is 6.08 Å². The largest absolute Gasteiger partial charge is 0.399 e. The van der Waals surface area contributed by atoms with Crippen LogP contribution in [0.15, 0.2) is 35.3 Å². The monoisotopic (exact) mass is 473 g/mol. The van der Waals surface area contributed by atoms with Crippen LogP contribution >= 0.6 is 34.8 Å². The molecule has 1 atom stereocenters. The Morgan fingerprint density at radius 3 is 2.33 bits per heavy atom. The van der Waals surface area contributed by atoms with Gasteiger partial charge in [0.05, 0.1) is 21.0 Å². The Balaban J connectivity index is 2.46. The highest BCUT2D eigenvalue weighted by Crippen LogP contribution is 2.41. The molecule has 0 bridgehead atoms. The molecule has 0 fully saturated rings. The van der Waals surface area contributed by atoms with Crippen LogP contribution in [0.5, 0.6) is 0 Å². The number of nitrogens with zero attached hydrogens (tertiary/aromatic N) is 2. The molecule has 156 valence electrons. The van der Waals surface area contributed by atoms with E-state index < -0.39 is 12.1 Å². The molecule has 0 aromatic heterocycles. The van der Waals surface area contributed by atoms with Gasteiger partial charge in [-0.25, -0.2) is 0 Å². The van der Waals surface area contributed by atoms with Crippen LogP contribution in [-0.2, 0) is 0 Å². The number of hydrogen-bond acceptors (Lipinski definition) is 2. The van der Waals surface area contributed by atoms with E-state index in [1.807, 2.05) is 6.07 Å². The standard InChI is InChI=1S/C20H14Cl3F3N4/c1-11-4-12(5-14(8-27)19(11)30-10-29-9-28)2-3-15(20(24,25)26)13-6-16(21)18(23)17(22)7-13/h2-7,9-10,15H,1H3,(H2,28,29,30)/p+1/b3-2+. The molecule has 0 aliphatic carbocycles. The Bertz CT molecular complexity index is 1030. The number of quaternary nitrogens is 1. The van der Waals surface area contributed by atoms with Crippen LogP contribution in [0.1, 0.15) is 28.2 Å². The lowest BCUT2D eigenvalue weighted by Gasteiger charge is -2.18. The van der Waals surface area contributed by atoms with E-state index in [4.69, 9.17) is 40.2 Å². The van der Waals surface area contributed by atoms with Crippen molar-refractivity contribution in [3.8, 4) is 6.07 Å². The molecule has 4 nitrogen and oxygen atoms in total. The highest BCUT2D eigenvalue weighted by molar-refractivity contribution is 6.48. The number of hydrogen-bond donors (Lipinski definition) is 2. The SMILES string of the molecule is Cc1cc(/C=C/C(c2cc(Cl)c(Cl)c(Cl)c2)C(F)(F)F)cc(C#N)c1[NH2+]C=NC=N. The third-order valence-electron chi connectivity index (χ3n) is 4.13. The van der Waals surface area contributed by atoms with Gasteiger partial charge in [-0.2, -0.15) is 23.4 Å². The number of allylic oxidation sites excluding steroid dienone is 1. The predicted molar refractivity (Wildman–Crippen MR) is 114 cm³/mol. The molecular formula is C20H15Cl3F3N4+. The zero-order valence-electron chi connectivity index (χ0n) is 15.4.